The van der Waals surface area contributed by atoms with Crippen molar-refractivity contribution in [2.45, 2.75) is 30.2 Å². The largest absolute Gasteiger partial charge is 0.334 e. The molecule has 0 atom stereocenters. The van der Waals surface area contributed by atoms with E-state index < -0.39 is 9.84 Å². The quantitative estimate of drug-likeness (QED) is 0.615. The van der Waals surface area contributed by atoms with Gasteiger partial charge in [-0.25, -0.2) is 13.2 Å². The summed E-state index contributed by atoms with van der Waals surface area (Å²) >= 11 is 0. The van der Waals surface area contributed by atoms with E-state index in [1.807, 2.05) is 26.0 Å². The number of benzene rings is 2. The van der Waals surface area contributed by atoms with Gasteiger partial charge >= 0.3 is 6.03 Å². The molecule has 1 aromatic heterocycles. The Morgan fingerprint density at radius 3 is 2.23 bits per heavy atom. The average Bonchev–Trinajstić information content (AvgIpc) is 2.77. The van der Waals surface area contributed by atoms with E-state index in [9.17, 15) is 13.2 Å². The third-order valence-corrected chi connectivity index (χ3v) is 6.26. The van der Waals surface area contributed by atoms with E-state index >= 15 is 0 Å². The molecule has 3 aromatic rings. The fraction of sp³-hybridized carbons (Fsp3) is 0.217. The van der Waals surface area contributed by atoms with Crippen LogP contribution in [-0.2, 0) is 16.4 Å². The molecule has 2 amide bonds. The van der Waals surface area contributed by atoms with Gasteiger partial charge in [0.15, 0.2) is 0 Å². The van der Waals surface area contributed by atoms with E-state index in [4.69, 9.17) is 0 Å². The van der Waals surface area contributed by atoms with Crippen molar-refractivity contribution < 1.29 is 13.2 Å². The molecule has 0 aliphatic heterocycles. The number of rotatable bonds is 7. The molecule has 1 N–H and O–H groups in total. The summed E-state index contributed by atoms with van der Waals surface area (Å²) in [4.78, 5) is 18.9. The van der Waals surface area contributed by atoms with Gasteiger partial charge in [-0.2, -0.15) is 0 Å². The van der Waals surface area contributed by atoms with Crippen LogP contribution in [0.1, 0.15) is 19.4 Å². The number of carbonyl (C=O) groups excluding carboxylic acids is 1. The third-order valence-electron chi connectivity index (χ3n) is 4.47. The monoisotopic (exact) mass is 423 g/mol. The van der Waals surface area contributed by atoms with E-state index in [1.54, 1.807) is 71.9 Å². The van der Waals surface area contributed by atoms with Gasteiger partial charge in [-0.3, -0.25) is 9.88 Å². The number of hydrogen-bond donors (Lipinski definition) is 1. The number of sulfone groups is 1. The first-order chi connectivity index (χ1) is 14.4. The van der Waals surface area contributed by atoms with E-state index in [0.29, 0.717) is 18.8 Å². The van der Waals surface area contributed by atoms with Crippen LogP contribution in [-0.4, -0.2) is 26.0 Å². The number of amides is 2. The molecule has 2 aromatic carbocycles. The zero-order chi connectivity index (χ0) is 21.6. The molecular formula is C23H25N3O3S. The first kappa shape index (κ1) is 21.5. The van der Waals surface area contributed by atoms with E-state index in [2.05, 4.69) is 10.3 Å². The lowest BCUT2D eigenvalue weighted by atomic mass is 10.2. The molecule has 0 unspecified atom stereocenters. The molecule has 0 radical (unpaired) electrons. The Morgan fingerprint density at radius 2 is 1.63 bits per heavy atom. The van der Waals surface area contributed by atoms with Crippen molar-refractivity contribution in [2.75, 3.05) is 11.4 Å². The maximum Gasteiger partial charge on any atom is 0.322 e. The molecular weight excluding hydrogens is 398 g/mol. The predicted octanol–water partition coefficient (Wildman–Crippen LogP) is 4.29. The number of nitrogens with one attached hydrogen (secondary N) is 1. The molecule has 156 valence electrons. The van der Waals surface area contributed by atoms with E-state index in [0.717, 1.165) is 5.56 Å². The van der Waals surface area contributed by atoms with Gasteiger partial charge in [-0.1, -0.05) is 38.1 Å². The number of nitrogens with zero attached hydrogens (tertiary/aromatic N) is 2. The van der Waals surface area contributed by atoms with Gasteiger partial charge in [0, 0.05) is 31.2 Å². The summed E-state index contributed by atoms with van der Waals surface area (Å²) in [6.45, 7) is 4.91. The molecule has 0 aliphatic carbocycles. The number of pyridine rings is 1. The number of hydrogen-bond acceptors (Lipinski definition) is 4. The van der Waals surface area contributed by atoms with Gasteiger partial charge < -0.3 is 5.32 Å². The molecule has 0 fully saturated rings. The second kappa shape index (κ2) is 9.54. The molecule has 7 heteroatoms. The Hall–Kier alpha value is -3.19. The third kappa shape index (κ3) is 5.24. The highest BCUT2D eigenvalue weighted by atomic mass is 32.2. The van der Waals surface area contributed by atoms with Crippen molar-refractivity contribution in [3.05, 3.63) is 84.7 Å². The van der Waals surface area contributed by atoms with Crippen LogP contribution in [0.4, 0.5) is 10.5 Å². The fourth-order valence-electron chi connectivity index (χ4n) is 2.99. The van der Waals surface area contributed by atoms with Gasteiger partial charge in [-0.05, 0) is 53.9 Å². The van der Waals surface area contributed by atoms with Crippen molar-refractivity contribution in [1.29, 1.82) is 0 Å². The van der Waals surface area contributed by atoms with Crippen LogP contribution >= 0.6 is 0 Å². The second-order valence-electron chi connectivity index (χ2n) is 7.33. The molecule has 0 saturated heterocycles. The Bertz CT molecular complexity index is 1070. The lowest BCUT2D eigenvalue weighted by Gasteiger charge is -2.25. The van der Waals surface area contributed by atoms with Crippen LogP contribution < -0.4 is 10.2 Å². The number of anilines is 1. The Morgan fingerprint density at radius 1 is 0.967 bits per heavy atom. The summed E-state index contributed by atoms with van der Waals surface area (Å²) in [6, 6.07) is 18.2. The minimum Gasteiger partial charge on any atom is -0.334 e. The fourth-order valence-corrected chi connectivity index (χ4v) is 4.27. The summed E-state index contributed by atoms with van der Waals surface area (Å²) in [5, 5.41) is 2.90. The van der Waals surface area contributed by atoms with Crippen molar-refractivity contribution in [3.63, 3.8) is 0 Å². The smallest absolute Gasteiger partial charge is 0.322 e. The molecule has 0 saturated carbocycles. The molecule has 6 nitrogen and oxygen atoms in total. The van der Waals surface area contributed by atoms with Crippen molar-refractivity contribution in [3.8, 4) is 0 Å². The van der Waals surface area contributed by atoms with Crippen LogP contribution in [0, 0.1) is 5.92 Å². The van der Waals surface area contributed by atoms with Gasteiger partial charge in [0.2, 0.25) is 9.84 Å². The van der Waals surface area contributed by atoms with Gasteiger partial charge in [0.25, 0.3) is 0 Å². The first-order valence-corrected chi connectivity index (χ1v) is 11.2. The van der Waals surface area contributed by atoms with Gasteiger partial charge in [0.05, 0.1) is 9.79 Å². The molecule has 3 rings (SSSR count). The Labute approximate surface area is 177 Å². The van der Waals surface area contributed by atoms with Gasteiger partial charge in [-0.15, -0.1) is 0 Å². The lowest BCUT2D eigenvalue weighted by molar-refractivity contribution is 0.245. The zero-order valence-corrected chi connectivity index (χ0v) is 17.8. The standard InChI is InChI=1S/C23H25N3O3S/c1-18(2)17-26(23(27)25-16-19-7-6-14-24-15-19)20-10-12-22(13-11-20)30(28,29)21-8-4-3-5-9-21/h3-15,18H,16-17H2,1-2H3,(H,25,27). The Balaban J connectivity index is 1.80. The number of urea groups is 1. The summed E-state index contributed by atoms with van der Waals surface area (Å²) < 4.78 is 25.6. The van der Waals surface area contributed by atoms with Crippen LogP contribution in [0.3, 0.4) is 0 Å². The predicted molar refractivity (Wildman–Crippen MR) is 117 cm³/mol. The highest BCUT2D eigenvalue weighted by Gasteiger charge is 2.20. The second-order valence-corrected chi connectivity index (χ2v) is 9.28. The van der Waals surface area contributed by atoms with E-state index in [-0.39, 0.29) is 21.7 Å². The highest BCUT2D eigenvalue weighted by molar-refractivity contribution is 7.91. The summed E-state index contributed by atoms with van der Waals surface area (Å²) in [6.07, 6.45) is 3.39. The topological polar surface area (TPSA) is 79.4 Å². The molecule has 1 heterocycles. The van der Waals surface area contributed by atoms with E-state index in [1.165, 1.54) is 0 Å². The summed E-state index contributed by atoms with van der Waals surface area (Å²) in [5.41, 5.74) is 1.54. The van der Waals surface area contributed by atoms with Crippen molar-refractivity contribution in [1.82, 2.24) is 10.3 Å². The molecule has 0 bridgehead atoms. The maximum atomic E-state index is 12.8. The van der Waals surface area contributed by atoms with Crippen LogP contribution in [0.15, 0.2) is 88.9 Å². The highest BCUT2D eigenvalue weighted by Crippen LogP contribution is 2.24. The normalized spacial score (nSPS) is 11.3. The van der Waals surface area contributed by atoms with Crippen molar-refractivity contribution in [2.24, 2.45) is 5.92 Å². The molecule has 0 spiro atoms. The summed E-state index contributed by atoms with van der Waals surface area (Å²) in [5.74, 6) is 0.238. The molecule has 30 heavy (non-hydrogen) atoms. The first-order valence-electron chi connectivity index (χ1n) is 9.72. The summed E-state index contributed by atoms with van der Waals surface area (Å²) in [7, 11) is -3.60. The van der Waals surface area contributed by atoms with Crippen LogP contribution in [0.5, 0.6) is 0 Å². The minimum atomic E-state index is -3.60. The zero-order valence-electron chi connectivity index (χ0n) is 17.0. The minimum absolute atomic E-state index is 0.192. The average molecular weight is 424 g/mol. The van der Waals surface area contributed by atoms with Gasteiger partial charge in [0.1, 0.15) is 0 Å². The molecule has 0 aliphatic rings. The maximum absolute atomic E-state index is 12.8. The van der Waals surface area contributed by atoms with Crippen molar-refractivity contribution >= 4 is 21.6 Å². The lowest BCUT2D eigenvalue weighted by Crippen LogP contribution is -2.41. The Kier molecular flexibility index (Phi) is 6.84. The number of carbonyl (C=O) groups is 1. The SMILES string of the molecule is CC(C)CN(C(=O)NCc1cccnc1)c1ccc(S(=O)(=O)c2ccccc2)cc1. The number of aromatic nitrogens is 1. The van der Waals surface area contributed by atoms with Crippen LogP contribution in [0.25, 0.3) is 0 Å². The van der Waals surface area contributed by atoms with Crippen LogP contribution in [0.2, 0.25) is 0 Å².